The second-order valence-electron chi connectivity index (χ2n) is 4.80. The zero-order chi connectivity index (χ0) is 13.6. The molecule has 0 fully saturated rings. The molecule has 0 spiro atoms. The van der Waals surface area contributed by atoms with Crippen molar-refractivity contribution in [3.63, 3.8) is 0 Å². The van der Waals surface area contributed by atoms with Gasteiger partial charge in [-0.25, -0.2) is 4.68 Å². The van der Waals surface area contributed by atoms with Gasteiger partial charge in [0.15, 0.2) is 0 Å². The number of hydrogen-bond donors (Lipinski definition) is 1. The van der Waals surface area contributed by atoms with Crippen molar-refractivity contribution in [1.29, 1.82) is 0 Å². The Labute approximate surface area is 111 Å². The molecule has 0 amide bonds. The Morgan fingerprint density at radius 3 is 2.53 bits per heavy atom. The summed E-state index contributed by atoms with van der Waals surface area (Å²) in [5.74, 6) is 0. The van der Waals surface area contributed by atoms with Crippen molar-refractivity contribution in [2.75, 3.05) is 5.73 Å². The topological polar surface area (TPSA) is 56.7 Å². The van der Waals surface area contributed by atoms with Gasteiger partial charge in [-0.05, 0) is 32.9 Å². The van der Waals surface area contributed by atoms with Crippen molar-refractivity contribution < 1.29 is 0 Å². The van der Waals surface area contributed by atoms with Gasteiger partial charge in [-0.2, -0.15) is 5.10 Å². The number of fused-ring (bicyclic) bond motifs is 1. The molecule has 3 rings (SSSR count). The Hall–Kier alpha value is -2.36. The van der Waals surface area contributed by atoms with Crippen LogP contribution in [0.15, 0.2) is 30.3 Å². The molecule has 0 atom stereocenters. The predicted octanol–water partition coefficient (Wildman–Crippen LogP) is 2.93. The molecule has 0 saturated heterocycles. The third-order valence-corrected chi connectivity index (χ3v) is 3.40. The standard InChI is InChI=1S/C15H16N4/c1-9-8-14(12-6-4-5-7-13(12)17-9)19-11(3)15(16)10(2)18-19/h4-8H,16H2,1-3H3. The third-order valence-electron chi connectivity index (χ3n) is 3.40. The van der Waals surface area contributed by atoms with Gasteiger partial charge in [0.2, 0.25) is 0 Å². The Morgan fingerprint density at radius 1 is 1.11 bits per heavy atom. The molecule has 4 nitrogen and oxygen atoms in total. The summed E-state index contributed by atoms with van der Waals surface area (Å²) in [6.45, 7) is 5.90. The first-order valence-electron chi connectivity index (χ1n) is 6.26. The highest BCUT2D eigenvalue weighted by atomic mass is 15.3. The van der Waals surface area contributed by atoms with Crippen LogP contribution in [0.1, 0.15) is 17.1 Å². The predicted molar refractivity (Wildman–Crippen MR) is 77.5 cm³/mol. The van der Waals surface area contributed by atoms with Gasteiger partial charge in [0.05, 0.1) is 28.3 Å². The summed E-state index contributed by atoms with van der Waals surface area (Å²) in [4.78, 5) is 4.55. The van der Waals surface area contributed by atoms with E-state index in [2.05, 4.69) is 16.1 Å². The van der Waals surface area contributed by atoms with E-state index in [1.807, 2.05) is 49.7 Å². The van der Waals surface area contributed by atoms with E-state index in [4.69, 9.17) is 5.73 Å². The molecular formula is C15H16N4. The van der Waals surface area contributed by atoms with Crippen molar-refractivity contribution >= 4 is 16.6 Å². The Morgan fingerprint density at radius 2 is 1.84 bits per heavy atom. The van der Waals surface area contributed by atoms with E-state index >= 15 is 0 Å². The van der Waals surface area contributed by atoms with Crippen LogP contribution in [0, 0.1) is 20.8 Å². The summed E-state index contributed by atoms with van der Waals surface area (Å²) in [5, 5.41) is 5.62. The van der Waals surface area contributed by atoms with Crippen LogP contribution in [-0.4, -0.2) is 14.8 Å². The van der Waals surface area contributed by atoms with Gasteiger partial charge in [-0.15, -0.1) is 0 Å². The molecule has 0 unspecified atom stereocenters. The van der Waals surface area contributed by atoms with E-state index in [1.54, 1.807) is 0 Å². The molecule has 2 N–H and O–H groups in total. The van der Waals surface area contributed by atoms with E-state index in [-0.39, 0.29) is 0 Å². The summed E-state index contributed by atoms with van der Waals surface area (Å²) >= 11 is 0. The molecule has 0 aliphatic heterocycles. The molecule has 1 aromatic carbocycles. The van der Waals surface area contributed by atoms with Crippen LogP contribution in [0.2, 0.25) is 0 Å². The molecule has 0 radical (unpaired) electrons. The first kappa shape index (κ1) is 11.7. The number of aromatic nitrogens is 3. The van der Waals surface area contributed by atoms with Gasteiger partial charge < -0.3 is 5.73 Å². The highest BCUT2D eigenvalue weighted by Crippen LogP contribution is 2.25. The number of anilines is 1. The molecule has 96 valence electrons. The molecule has 2 heterocycles. The van der Waals surface area contributed by atoms with Gasteiger partial charge in [0.1, 0.15) is 0 Å². The van der Waals surface area contributed by atoms with E-state index in [0.29, 0.717) is 0 Å². The van der Waals surface area contributed by atoms with Crippen molar-refractivity contribution in [3.8, 4) is 5.69 Å². The molecule has 19 heavy (non-hydrogen) atoms. The molecule has 0 aliphatic carbocycles. The lowest BCUT2D eigenvalue weighted by atomic mass is 10.1. The van der Waals surface area contributed by atoms with Crippen LogP contribution < -0.4 is 5.73 Å². The zero-order valence-electron chi connectivity index (χ0n) is 11.3. The van der Waals surface area contributed by atoms with Gasteiger partial charge in [-0.1, -0.05) is 18.2 Å². The number of hydrogen-bond acceptors (Lipinski definition) is 3. The van der Waals surface area contributed by atoms with Crippen molar-refractivity contribution in [2.45, 2.75) is 20.8 Å². The van der Waals surface area contributed by atoms with Crippen LogP contribution in [0.4, 0.5) is 5.69 Å². The maximum atomic E-state index is 6.02. The average molecular weight is 252 g/mol. The van der Waals surface area contributed by atoms with Crippen LogP contribution in [0.3, 0.4) is 0 Å². The number of rotatable bonds is 1. The summed E-state index contributed by atoms with van der Waals surface area (Å²) in [6.07, 6.45) is 0. The Bertz CT molecular complexity index is 771. The van der Waals surface area contributed by atoms with Gasteiger partial charge in [0, 0.05) is 11.1 Å². The van der Waals surface area contributed by atoms with Crippen LogP contribution in [-0.2, 0) is 0 Å². The SMILES string of the molecule is Cc1cc(-n2nc(C)c(N)c2C)c2ccccc2n1. The summed E-state index contributed by atoms with van der Waals surface area (Å²) in [7, 11) is 0. The number of pyridine rings is 1. The van der Waals surface area contributed by atoms with Crippen molar-refractivity contribution in [2.24, 2.45) is 0 Å². The quantitative estimate of drug-likeness (QED) is 0.724. The van der Waals surface area contributed by atoms with Gasteiger partial charge in [-0.3, -0.25) is 4.98 Å². The number of nitrogens with two attached hydrogens (primary N) is 1. The van der Waals surface area contributed by atoms with Crippen LogP contribution >= 0.6 is 0 Å². The summed E-state index contributed by atoms with van der Waals surface area (Å²) in [6, 6.07) is 10.1. The second kappa shape index (κ2) is 4.09. The fraction of sp³-hybridized carbons (Fsp3) is 0.200. The monoisotopic (exact) mass is 252 g/mol. The van der Waals surface area contributed by atoms with Gasteiger partial charge in [0.25, 0.3) is 0 Å². The maximum absolute atomic E-state index is 6.02. The summed E-state index contributed by atoms with van der Waals surface area (Å²) in [5.41, 5.74) is 11.6. The lowest BCUT2D eigenvalue weighted by molar-refractivity contribution is 0.837. The first-order valence-corrected chi connectivity index (χ1v) is 6.26. The second-order valence-corrected chi connectivity index (χ2v) is 4.80. The zero-order valence-corrected chi connectivity index (χ0v) is 11.3. The minimum Gasteiger partial charge on any atom is -0.396 e. The Kier molecular flexibility index (Phi) is 2.52. The lowest BCUT2D eigenvalue weighted by Crippen LogP contribution is -2.02. The summed E-state index contributed by atoms with van der Waals surface area (Å²) < 4.78 is 1.90. The highest BCUT2D eigenvalue weighted by Gasteiger charge is 2.13. The van der Waals surface area contributed by atoms with Crippen LogP contribution in [0.25, 0.3) is 16.6 Å². The number of nitrogens with zero attached hydrogens (tertiary/aromatic N) is 3. The number of para-hydroxylation sites is 1. The van der Waals surface area contributed by atoms with E-state index in [9.17, 15) is 0 Å². The first-order chi connectivity index (χ1) is 9.08. The van der Waals surface area contributed by atoms with Gasteiger partial charge >= 0.3 is 0 Å². The smallest absolute Gasteiger partial charge is 0.0830 e. The number of aryl methyl sites for hydroxylation is 2. The number of benzene rings is 1. The normalized spacial score (nSPS) is 11.1. The van der Waals surface area contributed by atoms with Crippen LogP contribution in [0.5, 0.6) is 0 Å². The average Bonchev–Trinajstić information content (AvgIpc) is 2.65. The fourth-order valence-electron chi connectivity index (χ4n) is 2.35. The molecule has 4 heteroatoms. The fourth-order valence-corrected chi connectivity index (χ4v) is 2.35. The maximum Gasteiger partial charge on any atom is 0.0830 e. The minimum atomic E-state index is 0.749. The van der Waals surface area contributed by atoms with E-state index in [0.717, 1.165) is 39.4 Å². The highest BCUT2D eigenvalue weighted by molar-refractivity contribution is 5.87. The molecule has 0 saturated carbocycles. The third kappa shape index (κ3) is 1.76. The van der Waals surface area contributed by atoms with Crippen molar-refractivity contribution in [1.82, 2.24) is 14.8 Å². The molecule has 2 aromatic heterocycles. The Balaban J connectivity index is 2.38. The molecule has 0 aliphatic rings. The lowest BCUT2D eigenvalue weighted by Gasteiger charge is -2.09. The number of nitrogen functional groups attached to an aromatic ring is 1. The molecular weight excluding hydrogens is 236 g/mol. The largest absolute Gasteiger partial charge is 0.396 e. The molecule has 3 aromatic rings. The minimum absolute atomic E-state index is 0.749. The van der Waals surface area contributed by atoms with E-state index < -0.39 is 0 Å². The van der Waals surface area contributed by atoms with Crippen molar-refractivity contribution in [3.05, 3.63) is 47.4 Å². The van der Waals surface area contributed by atoms with E-state index in [1.165, 1.54) is 0 Å². The molecule has 0 bridgehead atoms.